The molecule has 0 atom stereocenters. The van der Waals surface area contributed by atoms with Crippen LogP contribution in [0.15, 0.2) is 0 Å². The molecule has 2 nitrogen and oxygen atoms in total. The lowest BCUT2D eigenvalue weighted by atomic mass is 10.2. The van der Waals surface area contributed by atoms with Crippen molar-refractivity contribution < 1.29 is 4.79 Å². The third kappa shape index (κ3) is 10.3. The fraction of sp³-hybridized carbons (Fsp3) is 0.917. The van der Waals surface area contributed by atoms with Gasteiger partial charge in [0.25, 0.3) is 0 Å². The maximum absolute atomic E-state index is 10.5. The average Bonchev–Trinajstić information content (AvgIpc) is 2.24. The van der Waals surface area contributed by atoms with Crippen molar-refractivity contribution >= 4 is 17.6 Å². The minimum Gasteiger partial charge on any atom is -0.290 e. The number of nitrogens with zero attached hydrogens (tertiary/aromatic N) is 1. The predicted molar refractivity (Wildman–Crippen MR) is 69.6 cm³/mol. The molecule has 0 aliphatic heterocycles. The van der Waals surface area contributed by atoms with Crippen LogP contribution in [0.3, 0.4) is 0 Å². The van der Waals surface area contributed by atoms with Gasteiger partial charge in [0.05, 0.1) is 0 Å². The summed E-state index contributed by atoms with van der Waals surface area (Å²) >= 11 is 1.34. The highest BCUT2D eigenvalue weighted by atomic mass is 32.2. The Morgan fingerprint density at radius 3 is 2.00 bits per heavy atom. The van der Waals surface area contributed by atoms with E-state index in [1.807, 2.05) is 0 Å². The highest BCUT2D eigenvalue weighted by Crippen LogP contribution is 2.11. The molecule has 0 rings (SSSR count). The third-order valence-electron chi connectivity index (χ3n) is 2.46. The van der Waals surface area contributed by atoms with Gasteiger partial charge in [-0.25, -0.2) is 4.31 Å². The van der Waals surface area contributed by atoms with Gasteiger partial charge in [-0.05, 0) is 24.8 Å². The molecule has 0 N–H and O–H groups in total. The molecule has 90 valence electrons. The minimum atomic E-state index is 0.950. The number of unbranched alkanes of at least 4 members (excludes halogenated alkanes) is 5. The Morgan fingerprint density at radius 1 is 0.933 bits per heavy atom. The molecular formula is C12H25NOS. The van der Waals surface area contributed by atoms with E-state index in [2.05, 4.69) is 18.2 Å². The Hall–Kier alpha value is -0.0200. The summed E-state index contributed by atoms with van der Waals surface area (Å²) in [7, 11) is 0. The first-order valence-electron chi connectivity index (χ1n) is 6.20. The van der Waals surface area contributed by atoms with Crippen LogP contribution in [0.4, 0.5) is 0 Å². The molecule has 0 saturated heterocycles. The van der Waals surface area contributed by atoms with E-state index in [0.29, 0.717) is 0 Å². The highest BCUT2D eigenvalue weighted by molar-refractivity contribution is 8.09. The first-order valence-corrected chi connectivity index (χ1v) is 7.04. The van der Waals surface area contributed by atoms with E-state index in [1.165, 1.54) is 56.9 Å². The zero-order valence-corrected chi connectivity index (χ0v) is 11.0. The second-order valence-corrected chi connectivity index (χ2v) is 4.82. The van der Waals surface area contributed by atoms with Crippen LogP contribution in [0.2, 0.25) is 0 Å². The van der Waals surface area contributed by atoms with Gasteiger partial charge in [-0.3, -0.25) is 4.79 Å². The smallest absolute Gasteiger partial charge is 0.191 e. The van der Waals surface area contributed by atoms with E-state index in [4.69, 9.17) is 0 Å². The van der Waals surface area contributed by atoms with E-state index < -0.39 is 0 Å². The Balaban J connectivity index is 3.48. The fourth-order valence-corrected chi connectivity index (χ4v) is 2.12. The second kappa shape index (κ2) is 12.1. The SMILES string of the molecule is CCCCCCN(CCCCC)SC=O. The van der Waals surface area contributed by atoms with Crippen molar-refractivity contribution in [3.63, 3.8) is 0 Å². The Labute approximate surface area is 98.9 Å². The van der Waals surface area contributed by atoms with Crippen LogP contribution in [0.5, 0.6) is 0 Å². The van der Waals surface area contributed by atoms with Crippen LogP contribution >= 0.6 is 11.9 Å². The number of hydrogen-bond donors (Lipinski definition) is 0. The zero-order chi connectivity index (χ0) is 11.4. The maximum atomic E-state index is 10.5. The number of carbonyl (C=O) groups excluding carboxylic acids is 1. The summed E-state index contributed by atoms with van der Waals surface area (Å²) < 4.78 is 2.21. The largest absolute Gasteiger partial charge is 0.290 e. The van der Waals surface area contributed by atoms with Crippen LogP contribution in [-0.4, -0.2) is 23.0 Å². The molecule has 0 fully saturated rings. The van der Waals surface area contributed by atoms with Crippen LogP contribution < -0.4 is 0 Å². The zero-order valence-electron chi connectivity index (χ0n) is 10.2. The van der Waals surface area contributed by atoms with E-state index in [0.717, 1.165) is 18.7 Å². The number of rotatable bonds is 11. The van der Waals surface area contributed by atoms with Crippen molar-refractivity contribution in [1.29, 1.82) is 0 Å². The molecule has 0 aliphatic rings. The minimum absolute atomic E-state index is 0.950. The molecule has 0 spiro atoms. The quantitative estimate of drug-likeness (QED) is 0.305. The summed E-state index contributed by atoms with van der Waals surface area (Å²) in [6.07, 6.45) is 8.83. The van der Waals surface area contributed by atoms with Gasteiger partial charge in [-0.15, -0.1) is 0 Å². The van der Waals surface area contributed by atoms with Crippen molar-refractivity contribution in [1.82, 2.24) is 4.31 Å². The standard InChI is InChI=1S/C12H25NOS/c1-3-5-7-9-11-13(15-12-14)10-8-6-4-2/h12H,3-11H2,1-2H3. The molecular weight excluding hydrogens is 206 g/mol. The number of hydrogen-bond acceptors (Lipinski definition) is 3. The van der Waals surface area contributed by atoms with Gasteiger partial charge in [0.2, 0.25) is 0 Å². The Bertz CT molecular complexity index is 142. The normalized spacial score (nSPS) is 10.9. The molecule has 3 heteroatoms. The lowest BCUT2D eigenvalue weighted by Crippen LogP contribution is -2.18. The molecule has 0 aliphatic carbocycles. The predicted octanol–water partition coefficient (Wildman–Crippen LogP) is 3.90. The summed E-state index contributed by atoms with van der Waals surface area (Å²) in [5.74, 6) is 0. The van der Waals surface area contributed by atoms with E-state index >= 15 is 0 Å². The molecule has 0 aromatic heterocycles. The lowest BCUT2D eigenvalue weighted by Gasteiger charge is -2.17. The molecule has 0 amide bonds. The van der Waals surface area contributed by atoms with Gasteiger partial charge >= 0.3 is 0 Å². The van der Waals surface area contributed by atoms with Gasteiger partial charge < -0.3 is 0 Å². The van der Waals surface area contributed by atoms with Gasteiger partial charge in [0, 0.05) is 13.1 Å². The first kappa shape index (κ1) is 15.0. The molecule has 0 aromatic carbocycles. The van der Waals surface area contributed by atoms with E-state index in [1.54, 1.807) is 0 Å². The van der Waals surface area contributed by atoms with E-state index in [9.17, 15) is 4.79 Å². The molecule has 0 aromatic rings. The molecule has 15 heavy (non-hydrogen) atoms. The van der Waals surface area contributed by atoms with Crippen molar-refractivity contribution in [2.24, 2.45) is 0 Å². The van der Waals surface area contributed by atoms with E-state index in [-0.39, 0.29) is 0 Å². The monoisotopic (exact) mass is 231 g/mol. The van der Waals surface area contributed by atoms with Crippen LogP contribution in [0, 0.1) is 0 Å². The Kier molecular flexibility index (Phi) is 12.0. The van der Waals surface area contributed by atoms with Gasteiger partial charge in [0.15, 0.2) is 5.62 Å². The van der Waals surface area contributed by atoms with Crippen LogP contribution in [0.1, 0.15) is 58.8 Å². The molecule has 0 bridgehead atoms. The van der Waals surface area contributed by atoms with Crippen LogP contribution in [-0.2, 0) is 4.79 Å². The molecule has 0 saturated carbocycles. The second-order valence-electron chi connectivity index (χ2n) is 3.90. The third-order valence-corrected chi connectivity index (χ3v) is 3.21. The van der Waals surface area contributed by atoms with Crippen LogP contribution in [0.25, 0.3) is 0 Å². The summed E-state index contributed by atoms with van der Waals surface area (Å²) in [5, 5.41) is 0. The summed E-state index contributed by atoms with van der Waals surface area (Å²) in [6.45, 7) is 6.55. The first-order chi connectivity index (χ1) is 7.35. The molecule has 0 radical (unpaired) electrons. The Morgan fingerprint density at radius 2 is 1.47 bits per heavy atom. The van der Waals surface area contributed by atoms with Crippen molar-refractivity contribution in [3.8, 4) is 0 Å². The van der Waals surface area contributed by atoms with Gasteiger partial charge in [0.1, 0.15) is 0 Å². The van der Waals surface area contributed by atoms with Crippen molar-refractivity contribution in [2.75, 3.05) is 13.1 Å². The highest BCUT2D eigenvalue weighted by Gasteiger charge is 2.03. The number of carbonyl (C=O) groups is 1. The van der Waals surface area contributed by atoms with Crippen molar-refractivity contribution in [3.05, 3.63) is 0 Å². The topological polar surface area (TPSA) is 20.3 Å². The summed E-state index contributed by atoms with van der Waals surface area (Å²) in [5.41, 5.74) is 0.950. The van der Waals surface area contributed by atoms with Gasteiger partial charge in [-0.2, -0.15) is 0 Å². The summed E-state index contributed by atoms with van der Waals surface area (Å²) in [6, 6.07) is 0. The molecule has 0 heterocycles. The fourth-order valence-electron chi connectivity index (χ4n) is 1.53. The molecule has 0 unspecified atom stereocenters. The lowest BCUT2D eigenvalue weighted by molar-refractivity contribution is 0.432. The maximum Gasteiger partial charge on any atom is 0.191 e. The van der Waals surface area contributed by atoms with Crippen molar-refractivity contribution in [2.45, 2.75) is 58.8 Å². The summed E-state index contributed by atoms with van der Waals surface area (Å²) in [4.78, 5) is 10.5. The van der Waals surface area contributed by atoms with Gasteiger partial charge in [-0.1, -0.05) is 46.0 Å². The average molecular weight is 231 g/mol.